The number of unbranched alkanes of at least 4 members (excludes halogenated alkanes) is 2. The lowest BCUT2D eigenvalue weighted by Gasteiger charge is -2.32. The van der Waals surface area contributed by atoms with Gasteiger partial charge in [0.25, 0.3) is 0 Å². The van der Waals surface area contributed by atoms with Gasteiger partial charge in [0.05, 0.1) is 0 Å². The molecule has 0 fully saturated rings. The van der Waals surface area contributed by atoms with Crippen molar-refractivity contribution in [3.8, 4) is 55.6 Å². The molecule has 7 rings (SSSR count). The minimum atomic E-state index is 0.0257. The summed E-state index contributed by atoms with van der Waals surface area (Å²) in [5.74, 6) is 0. The standard InChI is InChI=1S/C51H54/c1-5-9-13-37-15-11-17-43(33-37)39-19-23-41(24-20-39)45-27-29-47-48-30-28-46(36-50(48)51(31-7-3,32-8-4)49(47)35-45)42-25-21-40(22-26-42)44-18-12-16-38(34-44)14-10-6-2/h11-12,15-30,33-36H,5-10,13-14,31-32H2,1-4H3. The van der Waals surface area contributed by atoms with Gasteiger partial charge in [-0.25, -0.2) is 0 Å². The molecule has 0 bridgehead atoms. The second-order valence-electron chi connectivity index (χ2n) is 14.9. The summed E-state index contributed by atoms with van der Waals surface area (Å²) >= 11 is 0. The Kier molecular flexibility index (Phi) is 10.7. The molecule has 1 aliphatic rings. The van der Waals surface area contributed by atoms with Gasteiger partial charge in [-0.05, 0) is 129 Å². The molecule has 0 saturated carbocycles. The molecular weight excluding hydrogens is 613 g/mol. The lowest BCUT2D eigenvalue weighted by atomic mass is 9.71. The Bertz CT molecular complexity index is 1920. The van der Waals surface area contributed by atoms with Gasteiger partial charge in [0.15, 0.2) is 0 Å². The fourth-order valence-electron chi connectivity index (χ4n) is 8.66. The SMILES string of the molecule is CCCCc1cccc(-c2ccc(-c3ccc4c(c3)C(CCC)(CCC)c3cc(-c5ccc(-c6cccc(CCCC)c6)cc5)ccc3-4)cc2)c1. The second kappa shape index (κ2) is 15.7. The minimum absolute atomic E-state index is 0.0257. The van der Waals surface area contributed by atoms with Crippen molar-refractivity contribution in [2.45, 2.75) is 97.3 Å². The predicted molar refractivity (Wildman–Crippen MR) is 221 cm³/mol. The van der Waals surface area contributed by atoms with Gasteiger partial charge in [0, 0.05) is 5.41 Å². The van der Waals surface area contributed by atoms with Crippen LogP contribution in [0.3, 0.4) is 0 Å². The molecule has 0 radical (unpaired) electrons. The normalized spacial score (nSPS) is 12.9. The molecule has 0 nitrogen and oxygen atoms in total. The van der Waals surface area contributed by atoms with Crippen LogP contribution in [0.4, 0.5) is 0 Å². The van der Waals surface area contributed by atoms with Crippen LogP contribution in [0.5, 0.6) is 0 Å². The third-order valence-electron chi connectivity index (χ3n) is 11.3. The van der Waals surface area contributed by atoms with E-state index in [1.54, 1.807) is 0 Å². The maximum atomic E-state index is 2.53. The molecule has 0 aromatic heterocycles. The lowest BCUT2D eigenvalue weighted by Crippen LogP contribution is -2.25. The highest BCUT2D eigenvalue weighted by Gasteiger charge is 2.42. The summed E-state index contributed by atoms with van der Waals surface area (Å²) < 4.78 is 0. The third kappa shape index (κ3) is 7.12. The topological polar surface area (TPSA) is 0 Å². The summed E-state index contributed by atoms with van der Waals surface area (Å²) in [4.78, 5) is 0. The van der Waals surface area contributed by atoms with Gasteiger partial charge in [0.1, 0.15) is 0 Å². The summed E-state index contributed by atoms with van der Waals surface area (Å²) in [5, 5.41) is 0. The van der Waals surface area contributed by atoms with E-state index in [0.29, 0.717) is 0 Å². The molecule has 0 N–H and O–H groups in total. The van der Waals surface area contributed by atoms with Crippen molar-refractivity contribution in [1.29, 1.82) is 0 Å². The summed E-state index contributed by atoms with van der Waals surface area (Å²) in [6.07, 6.45) is 11.9. The first-order valence-electron chi connectivity index (χ1n) is 19.8. The van der Waals surface area contributed by atoms with Gasteiger partial charge >= 0.3 is 0 Å². The third-order valence-corrected chi connectivity index (χ3v) is 11.3. The van der Waals surface area contributed by atoms with Gasteiger partial charge < -0.3 is 0 Å². The van der Waals surface area contributed by atoms with E-state index in [2.05, 4.69) is 161 Å². The van der Waals surface area contributed by atoms with Gasteiger partial charge in [0.2, 0.25) is 0 Å². The first-order valence-corrected chi connectivity index (χ1v) is 19.8. The van der Waals surface area contributed by atoms with Crippen molar-refractivity contribution in [1.82, 2.24) is 0 Å². The molecule has 0 atom stereocenters. The van der Waals surface area contributed by atoms with E-state index in [1.807, 2.05) is 0 Å². The van der Waals surface area contributed by atoms with Gasteiger partial charge in [-0.3, -0.25) is 0 Å². The second-order valence-corrected chi connectivity index (χ2v) is 14.9. The van der Waals surface area contributed by atoms with Crippen LogP contribution in [-0.2, 0) is 18.3 Å². The number of hydrogen-bond acceptors (Lipinski definition) is 0. The summed E-state index contributed by atoms with van der Waals surface area (Å²) in [5.41, 5.74) is 19.2. The zero-order valence-corrected chi connectivity index (χ0v) is 31.3. The summed E-state index contributed by atoms with van der Waals surface area (Å²) in [6, 6.07) is 51.3. The quantitative estimate of drug-likeness (QED) is 0.109. The van der Waals surface area contributed by atoms with E-state index < -0.39 is 0 Å². The van der Waals surface area contributed by atoms with E-state index >= 15 is 0 Å². The number of rotatable bonds is 14. The van der Waals surface area contributed by atoms with Crippen molar-refractivity contribution in [2.24, 2.45) is 0 Å². The molecule has 0 heteroatoms. The number of fused-ring (bicyclic) bond motifs is 3. The average molecular weight is 667 g/mol. The number of aryl methyl sites for hydroxylation is 2. The number of hydrogen-bond donors (Lipinski definition) is 0. The van der Waals surface area contributed by atoms with E-state index in [4.69, 9.17) is 0 Å². The Labute approximate surface area is 307 Å². The van der Waals surface area contributed by atoms with E-state index in [9.17, 15) is 0 Å². The molecule has 0 unspecified atom stereocenters. The molecule has 0 spiro atoms. The highest BCUT2D eigenvalue weighted by Crippen LogP contribution is 2.55. The molecule has 1 aliphatic carbocycles. The van der Waals surface area contributed by atoms with Gasteiger partial charge in [-0.1, -0.05) is 175 Å². The smallest absolute Gasteiger partial charge is 0.0215 e. The lowest BCUT2D eigenvalue weighted by molar-refractivity contribution is 0.436. The van der Waals surface area contributed by atoms with Crippen molar-refractivity contribution in [2.75, 3.05) is 0 Å². The van der Waals surface area contributed by atoms with Crippen LogP contribution >= 0.6 is 0 Å². The molecule has 51 heavy (non-hydrogen) atoms. The fraction of sp³-hybridized carbons (Fsp3) is 0.294. The monoisotopic (exact) mass is 666 g/mol. The van der Waals surface area contributed by atoms with Crippen LogP contribution in [0.1, 0.15) is 101 Å². The predicted octanol–water partition coefficient (Wildman–Crippen LogP) is 14.9. The maximum absolute atomic E-state index is 2.53. The molecule has 6 aromatic rings. The van der Waals surface area contributed by atoms with Crippen LogP contribution in [-0.4, -0.2) is 0 Å². The molecule has 258 valence electrons. The largest absolute Gasteiger partial charge is 0.0654 e. The van der Waals surface area contributed by atoms with Gasteiger partial charge in [-0.15, -0.1) is 0 Å². The van der Waals surface area contributed by atoms with Crippen LogP contribution < -0.4 is 0 Å². The Balaban J connectivity index is 1.20. The first-order chi connectivity index (χ1) is 25.1. The van der Waals surface area contributed by atoms with Crippen molar-refractivity contribution >= 4 is 0 Å². The Hall–Kier alpha value is -4.68. The first kappa shape index (κ1) is 34.8. The van der Waals surface area contributed by atoms with E-state index in [1.165, 1.54) is 104 Å². The van der Waals surface area contributed by atoms with E-state index in [-0.39, 0.29) is 5.41 Å². The zero-order chi connectivity index (χ0) is 35.2. The Morgan fingerprint density at radius 1 is 0.353 bits per heavy atom. The Morgan fingerprint density at radius 2 is 0.706 bits per heavy atom. The molecule has 0 amide bonds. The van der Waals surface area contributed by atoms with Crippen LogP contribution in [0.25, 0.3) is 55.6 Å². The van der Waals surface area contributed by atoms with Gasteiger partial charge in [-0.2, -0.15) is 0 Å². The maximum Gasteiger partial charge on any atom is 0.0215 e. The minimum Gasteiger partial charge on any atom is -0.0654 e. The average Bonchev–Trinajstić information content (AvgIpc) is 3.44. The molecule has 0 aliphatic heterocycles. The number of benzene rings is 6. The molecule has 0 heterocycles. The fourth-order valence-corrected chi connectivity index (χ4v) is 8.66. The summed E-state index contributed by atoms with van der Waals surface area (Å²) in [7, 11) is 0. The summed E-state index contributed by atoms with van der Waals surface area (Å²) in [6.45, 7) is 9.24. The zero-order valence-electron chi connectivity index (χ0n) is 31.3. The Morgan fingerprint density at radius 3 is 1.06 bits per heavy atom. The van der Waals surface area contributed by atoms with Crippen molar-refractivity contribution < 1.29 is 0 Å². The van der Waals surface area contributed by atoms with Crippen LogP contribution in [0.2, 0.25) is 0 Å². The molecular formula is C51H54. The molecule has 0 saturated heterocycles. The van der Waals surface area contributed by atoms with Crippen LogP contribution in [0.15, 0.2) is 133 Å². The molecule has 6 aromatic carbocycles. The highest BCUT2D eigenvalue weighted by atomic mass is 14.4. The van der Waals surface area contributed by atoms with E-state index in [0.717, 1.165) is 38.5 Å². The van der Waals surface area contributed by atoms with Crippen molar-refractivity contribution in [3.63, 3.8) is 0 Å². The van der Waals surface area contributed by atoms with Crippen LogP contribution in [0, 0.1) is 0 Å². The van der Waals surface area contributed by atoms with Crippen molar-refractivity contribution in [3.05, 3.63) is 156 Å². The highest BCUT2D eigenvalue weighted by molar-refractivity contribution is 5.86.